The molecule has 1 aliphatic heterocycles. The number of nitrogens with zero attached hydrogens (tertiary/aromatic N) is 2. The number of anilines is 1. The highest BCUT2D eigenvalue weighted by molar-refractivity contribution is 5.97. The molecule has 0 radical (unpaired) electrons. The Hall–Kier alpha value is -1.83. The molecule has 1 N–H and O–H groups in total. The van der Waals surface area contributed by atoms with Crippen LogP contribution >= 0.6 is 0 Å². The number of halogens is 3. The first-order valence-electron chi connectivity index (χ1n) is 9.04. The highest BCUT2D eigenvalue weighted by Gasteiger charge is 2.32. The van der Waals surface area contributed by atoms with E-state index in [1.165, 1.54) is 0 Å². The van der Waals surface area contributed by atoms with Gasteiger partial charge in [-0.15, -0.1) is 0 Å². The summed E-state index contributed by atoms with van der Waals surface area (Å²) in [6, 6.07) is 1.89. The topological polar surface area (TPSA) is 54.5 Å². The third-order valence-corrected chi connectivity index (χ3v) is 4.68. The molecule has 0 spiro atoms. The van der Waals surface area contributed by atoms with Gasteiger partial charge in [0.15, 0.2) is 0 Å². The average molecular weight is 371 g/mol. The van der Waals surface area contributed by atoms with Crippen molar-refractivity contribution in [2.75, 3.05) is 37.7 Å². The zero-order valence-electron chi connectivity index (χ0n) is 14.9. The van der Waals surface area contributed by atoms with Gasteiger partial charge in [0.25, 0.3) is 5.91 Å². The Morgan fingerprint density at radius 1 is 1.35 bits per heavy atom. The van der Waals surface area contributed by atoms with Crippen molar-refractivity contribution in [2.45, 2.75) is 44.7 Å². The third-order valence-electron chi connectivity index (χ3n) is 4.68. The first kappa shape index (κ1) is 18.9. The second kappa shape index (κ2) is 7.82. The highest BCUT2D eigenvalue weighted by Crippen LogP contribution is 2.42. The first-order valence-corrected chi connectivity index (χ1v) is 9.04. The molecule has 2 heterocycles. The number of rotatable bonds is 6. The van der Waals surface area contributed by atoms with Crippen LogP contribution in [-0.2, 0) is 4.74 Å². The Morgan fingerprint density at radius 3 is 2.65 bits per heavy atom. The third kappa shape index (κ3) is 4.87. The normalized spacial score (nSPS) is 18.1. The Morgan fingerprint density at radius 2 is 2.04 bits per heavy atom. The number of aryl methyl sites for hydroxylation is 1. The zero-order chi connectivity index (χ0) is 18.7. The van der Waals surface area contributed by atoms with Gasteiger partial charge in [0.2, 0.25) is 0 Å². The number of pyridine rings is 1. The lowest BCUT2D eigenvalue weighted by Gasteiger charge is -2.29. The van der Waals surface area contributed by atoms with E-state index in [9.17, 15) is 18.0 Å². The van der Waals surface area contributed by atoms with E-state index in [1.807, 2.05) is 13.0 Å². The van der Waals surface area contributed by atoms with Gasteiger partial charge in [-0.1, -0.05) is 0 Å². The number of hydrogen-bond donors (Lipinski definition) is 1. The maximum absolute atomic E-state index is 12.6. The molecule has 3 rings (SSSR count). The molecular formula is C18H24F3N3O2. The second-order valence-electron chi connectivity index (χ2n) is 6.91. The van der Waals surface area contributed by atoms with Gasteiger partial charge in [-0.2, -0.15) is 13.2 Å². The van der Waals surface area contributed by atoms with Crippen molar-refractivity contribution in [2.24, 2.45) is 0 Å². The Bertz CT molecular complexity index is 654. The molecule has 26 heavy (non-hydrogen) atoms. The number of carbonyl (C=O) groups excluding carboxylic acids is 1. The molecule has 0 bridgehead atoms. The Kier molecular flexibility index (Phi) is 5.70. The van der Waals surface area contributed by atoms with Gasteiger partial charge in [-0.3, -0.25) is 4.79 Å². The number of amides is 1. The van der Waals surface area contributed by atoms with Gasteiger partial charge in [0, 0.05) is 32.0 Å². The maximum Gasteiger partial charge on any atom is 0.389 e. The summed E-state index contributed by atoms with van der Waals surface area (Å²) in [6.07, 6.45) is -3.22. The number of alkyl halides is 3. The minimum atomic E-state index is -4.19. The highest BCUT2D eigenvalue weighted by atomic mass is 19.4. The summed E-state index contributed by atoms with van der Waals surface area (Å²) in [5.74, 6) is 0.791. The number of morpholine rings is 1. The minimum absolute atomic E-state index is 0.00705. The fourth-order valence-electron chi connectivity index (χ4n) is 3.16. The van der Waals surface area contributed by atoms with Crippen LogP contribution in [0.3, 0.4) is 0 Å². The lowest BCUT2D eigenvalue weighted by molar-refractivity contribution is -0.135. The van der Waals surface area contributed by atoms with E-state index >= 15 is 0 Å². The number of nitrogens with one attached hydrogen (secondary N) is 1. The van der Waals surface area contributed by atoms with E-state index in [0.717, 1.165) is 43.0 Å². The predicted molar refractivity (Wildman–Crippen MR) is 91.6 cm³/mol. The summed E-state index contributed by atoms with van der Waals surface area (Å²) >= 11 is 0. The van der Waals surface area contributed by atoms with Crippen molar-refractivity contribution in [3.05, 3.63) is 22.9 Å². The molecule has 2 aliphatic rings. The molecular weight excluding hydrogens is 347 g/mol. The number of hydrogen-bond acceptors (Lipinski definition) is 4. The lowest BCUT2D eigenvalue weighted by atomic mass is 10.0. The van der Waals surface area contributed by atoms with E-state index in [2.05, 4.69) is 10.2 Å². The average Bonchev–Trinajstić information content (AvgIpc) is 3.43. The maximum atomic E-state index is 12.6. The van der Waals surface area contributed by atoms with Crippen molar-refractivity contribution in [1.82, 2.24) is 10.3 Å². The summed E-state index contributed by atoms with van der Waals surface area (Å²) in [5, 5.41) is 2.62. The van der Waals surface area contributed by atoms with Crippen LogP contribution in [0.1, 0.15) is 53.2 Å². The molecule has 0 atom stereocenters. The molecule has 5 nitrogen and oxygen atoms in total. The summed E-state index contributed by atoms with van der Waals surface area (Å²) in [7, 11) is 0. The second-order valence-corrected chi connectivity index (χ2v) is 6.91. The smallest absolute Gasteiger partial charge is 0.378 e. The lowest BCUT2D eigenvalue weighted by Crippen LogP contribution is -2.37. The van der Waals surface area contributed by atoms with E-state index in [0.29, 0.717) is 18.8 Å². The van der Waals surface area contributed by atoms with Crippen LogP contribution < -0.4 is 10.2 Å². The summed E-state index contributed by atoms with van der Waals surface area (Å²) in [4.78, 5) is 19.4. The molecule has 144 valence electrons. The molecule has 1 aromatic rings. The molecule has 8 heteroatoms. The van der Waals surface area contributed by atoms with Crippen LogP contribution in [0.2, 0.25) is 0 Å². The van der Waals surface area contributed by atoms with Crippen LogP contribution in [0.25, 0.3) is 0 Å². The molecule has 1 aliphatic carbocycles. The van der Waals surface area contributed by atoms with E-state index < -0.39 is 12.6 Å². The molecule has 2 fully saturated rings. The molecule has 1 saturated carbocycles. The van der Waals surface area contributed by atoms with Crippen LogP contribution in [0, 0.1) is 6.92 Å². The van der Waals surface area contributed by atoms with Crippen molar-refractivity contribution in [1.29, 1.82) is 0 Å². The van der Waals surface area contributed by atoms with Crippen LogP contribution in [0.15, 0.2) is 6.07 Å². The van der Waals surface area contributed by atoms with Gasteiger partial charge in [-0.05, 0) is 37.8 Å². The molecule has 0 aromatic carbocycles. The monoisotopic (exact) mass is 371 g/mol. The standard InChI is InChI=1S/C18H24F3N3O2/c1-12-11-14(24-7-9-26-10-8-24)23-16(13-3-4-13)15(12)17(25)22-6-2-5-18(19,20)21/h11,13H,2-10H2,1H3,(H,22,25). The zero-order valence-corrected chi connectivity index (χ0v) is 14.9. The van der Waals surface area contributed by atoms with E-state index in [4.69, 9.17) is 9.72 Å². The Balaban J connectivity index is 1.72. The number of ether oxygens (including phenoxy) is 1. The molecule has 0 unspecified atom stereocenters. The van der Waals surface area contributed by atoms with E-state index in [1.54, 1.807) is 0 Å². The van der Waals surface area contributed by atoms with Crippen molar-refractivity contribution >= 4 is 11.7 Å². The first-order chi connectivity index (χ1) is 12.3. The Labute approximate surface area is 150 Å². The van der Waals surface area contributed by atoms with Crippen LogP contribution in [0.5, 0.6) is 0 Å². The predicted octanol–water partition coefficient (Wildman–Crippen LogP) is 3.18. The fraction of sp³-hybridized carbons (Fsp3) is 0.667. The SMILES string of the molecule is Cc1cc(N2CCOCC2)nc(C2CC2)c1C(=O)NCCCC(F)(F)F. The largest absolute Gasteiger partial charge is 0.389 e. The van der Waals surface area contributed by atoms with Crippen molar-refractivity contribution in [3.8, 4) is 0 Å². The van der Waals surface area contributed by atoms with Crippen LogP contribution in [0.4, 0.5) is 19.0 Å². The van der Waals surface area contributed by atoms with Gasteiger partial charge >= 0.3 is 6.18 Å². The molecule has 1 amide bonds. The number of carbonyl (C=O) groups is 1. The molecule has 1 saturated heterocycles. The quantitative estimate of drug-likeness (QED) is 0.781. The van der Waals surface area contributed by atoms with Crippen molar-refractivity contribution in [3.63, 3.8) is 0 Å². The summed E-state index contributed by atoms with van der Waals surface area (Å²) in [5.41, 5.74) is 2.12. The summed E-state index contributed by atoms with van der Waals surface area (Å²) < 4.78 is 42.1. The minimum Gasteiger partial charge on any atom is -0.378 e. The van der Waals surface area contributed by atoms with Gasteiger partial charge in [-0.25, -0.2) is 4.98 Å². The number of aromatic nitrogens is 1. The van der Waals surface area contributed by atoms with Gasteiger partial charge < -0.3 is 15.0 Å². The van der Waals surface area contributed by atoms with E-state index in [-0.39, 0.29) is 24.8 Å². The summed E-state index contributed by atoms with van der Waals surface area (Å²) in [6.45, 7) is 4.70. The van der Waals surface area contributed by atoms with Crippen LogP contribution in [-0.4, -0.2) is 49.9 Å². The van der Waals surface area contributed by atoms with Gasteiger partial charge in [0.05, 0.1) is 24.5 Å². The van der Waals surface area contributed by atoms with Gasteiger partial charge in [0.1, 0.15) is 5.82 Å². The molecule has 1 aromatic heterocycles. The van der Waals surface area contributed by atoms with Crippen molar-refractivity contribution < 1.29 is 22.7 Å². The fourth-order valence-corrected chi connectivity index (χ4v) is 3.16.